The fourth-order valence-electron chi connectivity index (χ4n) is 3.01. The zero-order valence-corrected chi connectivity index (χ0v) is 14.2. The minimum Gasteiger partial charge on any atom is -0.508 e. The molecular weight excluding hydrogens is 332 g/mol. The largest absolute Gasteiger partial charge is 0.508 e. The number of aromatic hydroxyl groups is 1. The number of nitrogens with zero attached hydrogens (tertiary/aromatic N) is 2. The van der Waals surface area contributed by atoms with Gasteiger partial charge in [0.2, 0.25) is 0 Å². The summed E-state index contributed by atoms with van der Waals surface area (Å²) in [5.41, 5.74) is 2.16. The SMILES string of the molecule is O=C(c1ccccc1)N1N=C(c2cccs2)C[C@H]1c1ccccc1O. The van der Waals surface area contributed by atoms with Crippen molar-refractivity contribution in [2.45, 2.75) is 12.5 Å². The molecule has 4 rings (SSSR count). The normalized spacial score (nSPS) is 16.7. The molecule has 0 spiro atoms. The Kier molecular flexibility index (Phi) is 4.07. The minimum atomic E-state index is -0.314. The molecule has 1 aliphatic heterocycles. The topological polar surface area (TPSA) is 52.9 Å². The van der Waals surface area contributed by atoms with E-state index in [4.69, 9.17) is 0 Å². The van der Waals surface area contributed by atoms with Gasteiger partial charge in [-0.1, -0.05) is 42.5 Å². The molecule has 1 atom stereocenters. The second-order valence-corrected chi connectivity index (χ2v) is 6.77. The maximum absolute atomic E-state index is 13.0. The minimum absolute atomic E-state index is 0.166. The molecule has 1 aliphatic rings. The summed E-state index contributed by atoms with van der Waals surface area (Å²) in [4.78, 5) is 14.0. The van der Waals surface area contributed by atoms with E-state index in [9.17, 15) is 9.90 Å². The number of hydrogen-bond acceptors (Lipinski definition) is 4. The van der Waals surface area contributed by atoms with Crippen molar-refractivity contribution in [3.8, 4) is 5.75 Å². The highest BCUT2D eigenvalue weighted by molar-refractivity contribution is 7.12. The molecule has 5 heteroatoms. The van der Waals surface area contributed by atoms with Gasteiger partial charge in [-0.05, 0) is 29.6 Å². The van der Waals surface area contributed by atoms with Crippen LogP contribution in [0.1, 0.15) is 33.3 Å². The van der Waals surface area contributed by atoms with Gasteiger partial charge >= 0.3 is 0 Å². The summed E-state index contributed by atoms with van der Waals surface area (Å²) in [5.74, 6) is 0.0152. The Morgan fingerprint density at radius 3 is 2.52 bits per heavy atom. The lowest BCUT2D eigenvalue weighted by Crippen LogP contribution is -2.27. The average Bonchev–Trinajstić information content (AvgIpc) is 3.32. The van der Waals surface area contributed by atoms with E-state index in [-0.39, 0.29) is 17.7 Å². The average molecular weight is 348 g/mol. The molecule has 0 saturated heterocycles. The third-order valence-corrected chi connectivity index (χ3v) is 5.16. The molecule has 25 heavy (non-hydrogen) atoms. The van der Waals surface area contributed by atoms with Crippen LogP contribution in [0.2, 0.25) is 0 Å². The van der Waals surface area contributed by atoms with Crippen LogP contribution in [0.25, 0.3) is 0 Å². The zero-order valence-electron chi connectivity index (χ0n) is 13.4. The molecular formula is C20H16N2O2S. The molecule has 0 bridgehead atoms. The van der Waals surface area contributed by atoms with Gasteiger partial charge in [0.25, 0.3) is 5.91 Å². The van der Waals surface area contributed by atoms with Gasteiger partial charge in [0.05, 0.1) is 16.6 Å². The highest BCUT2D eigenvalue weighted by Crippen LogP contribution is 2.38. The number of carbonyl (C=O) groups excluding carboxylic acids is 1. The van der Waals surface area contributed by atoms with Crippen molar-refractivity contribution >= 4 is 23.0 Å². The highest BCUT2D eigenvalue weighted by atomic mass is 32.1. The van der Waals surface area contributed by atoms with E-state index in [1.165, 1.54) is 5.01 Å². The van der Waals surface area contributed by atoms with Gasteiger partial charge in [-0.3, -0.25) is 4.79 Å². The second-order valence-electron chi connectivity index (χ2n) is 5.82. The van der Waals surface area contributed by atoms with Crippen LogP contribution in [0.5, 0.6) is 5.75 Å². The summed E-state index contributed by atoms with van der Waals surface area (Å²) in [5, 5.41) is 18.4. The molecule has 0 radical (unpaired) electrons. The van der Waals surface area contributed by atoms with Crippen molar-refractivity contribution in [1.82, 2.24) is 5.01 Å². The van der Waals surface area contributed by atoms with E-state index in [1.54, 1.807) is 35.6 Å². The number of rotatable bonds is 3. The van der Waals surface area contributed by atoms with Crippen molar-refractivity contribution in [3.05, 3.63) is 88.1 Å². The van der Waals surface area contributed by atoms with Crippen molar-refractivity contribution in [3.63, 3.8) is 0 Å². The third kappa shape index (κ3) is 2.94. The molecule has 0 fully saturated rings. The Morgan fingerprint density at radius 1 is 1.04 bits per heavy atom. The monoisotopic (exact) mass is 348 g/mol. The molecule has 3 aromatic rings. The Hall–Kier alpha value is -2.92. The number of hydrogen-bond donors (Lipinski definition) is 1. The van der Waals surface area contributed by atoms with Crippen LogP contribution in [0.15, 0.2) is 77.2 Å². The Bertz CT molecular complexity index is 920. The fourth-order valence-corrected chi connectivity index (χ4v) is 3.73. The summed E-state index contributed by atoms with van der Waals surface area (Å²) in [6.07, 6.45) is 0.580. The molecule has 124 valence electrons. The second kappa shape index (κ2) is 6.53. The number of carbonyl (C=O) groups is 1. The van der Waals surface area contributed by atoms with Gasteiger partial charge in [-0.25, -0.2) is 5.01 Å². The van der Waals surface area contributed by atoms with Gasteiger partial charge in [0.1, 0.15) is 5.75 Å². The zero-order chi connectivity index (χ0) is 17.2. The van der Waals surface area contributed by atoms with E-state index in [0.29, 0.717) is 17.5 Å². The number of phenols is 1. The van der Waals surface area contributed by atoms with E-state index in [2.05, 4.69) is 5.10 Å². The van der Waals surface area contributed by atoms with Crippen molar-refractivity contribution in [2.75, 3.05) is 0 Å². The molecule has 1 N–H and O–H groups in total. The number of hydrazone groups is 1. The van der Waals surface area contributed by atoms with Gasteiger partial charge < -0.3 is 5.11 Å². The number of para-hydroxylation sites is 1. The van der Waals surface area contributed by atoms with Crippen LogP contribution < -0.4 is 0 Å². The summed E-state index contributed by atoms with van der Waals surface area (Å²) in [6.45, 7) is 0. The molecule has 0 saturated carbocycles. The lowest BCUT2D eigenvalue weighted by atomic mass is 10.00. The van der Waals surface area contributed by atoms with Gasteiger partial charge in [0, 0.05) is 17.5 Å². The number of amides is 1. The van der Waals surface area contributed by atoms with Crippen molar-refractivity contribution < 1.29 is 9.90 Å². The van der Waals surface area contributed by atoms with E-state index >= 15 is 0 Å². The first kappa shape index (κ1) is 15.6. The first-order valence-corrected chi connectivity index (χ1v) is 8.90. The molecule has 0 unspecified atom stereocenters. The van der Waals surface area contributed by atoms with Crippen LogP contribution in [0, 0.1) is 0 Å². The first-order chi connectivity index (χ1) is 12.2. The third-order valence-electron chi connectivity index (χ3n) is 4.24. The molecule has 2 heterocycles. The predicted molar refractivity (Wildman–Crippen MR) is 98.9 cm³/mol. The molecule has 0 aliphatic carbocycles. The predicted octanol–water partition coefficient (Wildman–Crippen LogP) is 4.45. The number of benzene rings is 2. The fraction of sp³-hybridized carbons (Fsp3) is 0.100. The van der Waals surface area contributed by atoms with E-state index < -0.39 is 0 Å². The van der Waals surface area contributed by atoms with Crippen LogP contribution in [0.3, 0.4) is 0 Å². The van der Waals surface area contributed by atoms with Gasteiger partial charge in [-0.15, -0.1) is 11.3 Å². The van der Waals surface area contributed by atoms with Crippen molar-refractivity contribution in [2.24, 2.45) is 5.10 Å². The number of thiophene rings is 1. The number of phenolic OH excluding ortho intramolecular Hbond substituents is 1. The quantitative estimate of drug-likeness (QED) is 0.760. The molecule has 4 nitrogen and oxygen atoms in total. The maximum atomic E-state index is 13.0. The Balaban J connectivity index is 1.75. The highest BCUT2D eigenvalue weighted by Gasteiger charge is 2.35. The van der Waals surface area contributed by atoms with Gasteiger partial charge in [-0.2, -0.15) is 5.10 Å². The van der Waals surface area contributed by atoms with E-state index in [1.807, 2.05) is 47.8 Å². The molecule has 2 aromatic carbocycles. The Morgan fingerprint density at radius 2 is 1.80 bits per heavy atom. The smallest absolute Gasteiger partial charge is 0.274 e. The maximum Gasteiger partial charge on any atom is 0.274 e. The standard InChI is InChI=1S/C20H16N2O2S/c23-18-10-5-4-9-15(18)17-13-16(19-11-6-12-25-19)21-22(17)20(24)14-7-2-1-3-8-14/h1-12,17,23H,13H2/t17-/m0/s1. The van der Waals surface area contributed by atoms with Crippen LogP contribution in [-0.4, -0.2) is 21.7 Å². The molecule has 1 amide bonds. The summed E-state index contributed by atoms with van der Waals surface area (Å²) >= 11 is 1.60. The lowest BCUT2D eigenvalue weighted by Gasteiger charge is -2.22. The van der Waals surface area contributed by atoms with E-state index in [0.717, 1.165) is 10.6 Å². The molecule has 1 aromatic heterocycles. The van der Waals surface area contributed by atoms with Crippen LogP contribution in [0.4, 0.5) is 0 Å². The lowest BCUT2D eigenvalue weighted by molar-refractivity contribution is 0.0709. The summed E-state index contributed by atoms with van der Waals surface area (Å²) in [6, 6.07) is 19.9. The first-order valence-electron chi connectivity index (χ1n) is 8.02. The van der Waals surface area contributed by atoms with Crippen LogP contribution >= 0.6 is 11.3 Å². The van der Waals surface area contributed by atoms with Crippen molar-refractivity contribution in [1.29, 1.82) is 0 Å². The summed E-state index contributed by atoms with van der Waals surface area (Å²) in [7, 11) is 0. The van der Waals surface area contributed by atoms with Crippen LogP contribution in [-0.2, 0) is 0 Å². The Labute approximate surface area is 149 Å². The summed E-state index contributed by atoms with van der Waals surface area (Å²) < 4.78 is 0. The van der Waals surface area contributed by atoms with Gasteiger partial charge in [0.15, 0.2) is 0 Å².